The molecule has 3 nitrogen and oxygen atoms in total. The van der Waals surface area contributed by atoms with Crippen molar-refractivity contribution in [3.8, 4) is 0 Å². The van der Waals surface area contributed by atoms with Gasteiger partial charge in [0.25, 0.3) is 0 Å². The molecule has 3 heteroatoms. The minimum absolute atomic E-state index is 0.201. The van der Waals surface area contributed by atoms with E-state index in [0.717, 1.165) is 19.4 Å². The van der Waals surface area contributed by atoms with Crippen LogP contribution in [0.2, 0.25) is 0 Å². The lowest BCUT2D eigenvalue weighted by Crippen LogP contribution is -2.60. The largest absolute Gasteiger partial charge is 0.375 e. The molecule has 0 radical (unpaired) electrons. The van der Waals surface area contributed by atoms with Gasteiger partial charge in [-0.3, -0.25) is 4.90 Å². The van der Waals surface area contributed by atoms with Gasteiger partial charge in [-0.1, -0.05) is 0 Å². The first kappa shape index (κ1) is 12.3. The predicted octanol–water partition coefficient (Wildman–Crippen LogP) is 1.76. The van der Waals surface area contributed by atoms with E-state index >= 15 is 0 Å². The molecular formula is C13H26N2O. The maximum absolute atomic E-state index is 6.11. The molecule has 0 spiro atoms. The number of nitrogens with zero attached hydrogens (tertiary/aromatic N) is 1. The monoisotopic (exact) mass is 226 g/mol. The molecule has 3 atom stereocenters. The van der Waals surface area contributed by atoms with Crippen LogP contribution in [0.15, 0.2) is 0 Å². The van der Waals surface area contributed by atoms with Crippen LogP contribution in [-0.2, 0) is 4.74 Å². The maximum atomic E-state index is 6.11. The average Bonchev–Trinajstić information content (AvgIpc) is 2.63. The first-order valence-corrected chi connectivity index (χ1v) is 6.70. The van der Waals surface area contributed by atoms with Crippen molar-refractivity contribution in [3.05, 3.63) is 0 Å². The van der Waals surface area contributed by atoms with Gasteiger partial charge < -0.3 is 10.5 Å². The van der Waals surface area contributed by atoms with E-state index in [1.54, 1.807) is 0 Å². The molecule has 94 valence electrons. The van der Waals surface area contributed by atoms with Crippen molar-refractivity contribution in [2.24, 2.45) is 5.73 Å². The Morgan fingerprint density at radius 2 is 1.88 bits per heavy atom. The summed E-state index contributed by atoms with van der Waals surface area (Å²) in [6, 6.07) is 0.695. The summed E-state index contributed by atoms with van der Waals surface area (Å²) in [4.78, 5) is 2.66. The van der Waals surface area contributed by atoms with Gasteiger partial charge in [-0.2, -0.15) is 0 Å². The van der Waals surface area contributed by atoms with Gasteiger partial charge in [0.05, 0.1) is 12.2 Å². The van der Waals surface area contributed by atoms with Gasteiger partial charge in [0.2, 0.25) is 0 Å². The molecule has 0 aromatic carbocycles. The van der Waals surface area contributed by atoms with Crippen LogP contribution in [-0.4, -0.2) is 41.8 Å². The van der Waals surface area contributed by atoms with Gasteiger partial charge >= 0.3 is 0 Å². The Morgan fingerprint density at radius 1 is 1.25 bits per heavy atom. The Hall–Kier alpha value is -0.120. The molecule has 0 aromatic heterocycles. The van der Waals surface area contributed by atoms with Crippen molar-refractivity contribution < 1.29 is 4.74 Å². The second-order valence-corrected chi connectivity index (χ2v) is 5.78. The fourth-order valence-corrected chi connectivity index (χ4v) is 3.80. The van der Waals surface area contributed by atoms with Gasteiger partial charge in [-0.05, 0) is 53.0 Å². The number of ether oxygens (including phenoxy) is 1. The lowest BCUT2D eigenvalue weighted by atomic mass is 9.82. The molecule has 16 heavy (non-hydrogen) atoms. The van der Waals surface area contributed by atoms with Crippen molar-refractivity contribution >= 4 is 0 Å². The molecule has 2 aliphatic heterocycles. The molecule has 2 rings (SSSR count). The van der Waals surface area contributed by atoms with Gasteiger partial charge in [-0.25, -0.2) is 0 Å². The number of rotatable bonds is 2. The van der Waals surface area contributed by atoms with Crippen molar-refractivity contribution in [3.63, 3.8) is 0 Å². The molecule has 0 aromatic rings. The van der Waals surface area contributed by atoms with Crippen LogP contribution in [0.1, 0.15) is 46.5 Å². The molecule has 2 N–H and O–H groups in total. The number of likely N-dealkylation sites (tertiary alicyclic amines) is 1. The van der Waals surface area contributed by atoms with Gasteiger partial charge in [0.15, 0.2) is 0 Å². The molecule has 0 saturated carbocycles. The van der Waals surface area contributed by atoms with Crippen LogP contribution in [0.4, 0.5) is 0 Å². The van der Waals surface area contributed by atoms with E-state index in [0.29, 0.717) is 18.2 Å². The molecule has 0 aliphatic carbocycles. The fraction of sp³-hybridized carbons (Fsp3) is 1.00. The van der Waals surface area contributed by atoms with E-state index in [2.05, 4.69) is 25.7 Å². The highest BCUT2D eigenvalue weighted by atomic mass is 16.5. The molecule has 3 unspecified atom stereocenters. The molecule has 2 aliphatic rings. The summed E-state index contributed by atoms with van der Waals surface area (Å²) in [5, 5.41) is 0. The zero-order chi connectivity index (χ0) is 11.8. The number of nitrogens with two attached hydrogens (primary N) is 1. The van der Waals surface area contributed by atoms with Crippen LogP contribution in [0, 0.1) is 0 Å². The highest BCUT2D eigenvalue weighted by Gasteiger charge is 2.45. The summed E-state index contributed by atoms with van der Waals surface area (Å²) in [7, 11) is 0. The standard InChI is InChI=1S/C13H26N2O/c1-10-5-4-6-15(10)13(9-14)7-11(2)16-12(3)8-13/h10-12H,4-9,14H2,1-3H3. The van der Waals surface area contributed by atoms with Crippen molar-refractivity contribution in [1.29, 1.82) is 0 Å². The van der Waals surface area contributed by atoms with Gasteiger partial charge in [0.1, 0.15) is 0 Å². The fourth-order valence-electron chi connectivity index (χ4n) is 3.80. The minimum atomic E-state index is 0.201. The van der Waals surface area contributed by atoms with Crippen LogP contribution >= 0.6 is 0 Å². The van der Waals surface area contributed by atoms with E-state index in [1.165, 1.54) is 19.4 Å². The third-order valence-corrected chi connectivity index (χ3v) is 4.34. The SMILES string of the molecule is CC1CC(CN)(N2CCCC2C)CC(C)O1. The van der Waals surface area contributed by atoms with Crippen LogP contribution < -0.4 is 5.73 Å². The summed E-state index contributed by atoms with van der Waals surface area (Å²) in [6.45, 7) is 8.70. The summed E-state index contributed by atoms with van der Waals surface area (Å²) in [5.74, 6) is 0. The second kappa shape index (κ2) is 4.63. The Labute approximate surface area is 99.3 Å². The van der Waals surface area contributed by atoms with E-state index in [-0.39, 0.29) is 5.54 Å². The third kappa shape index (κ3) is 2.13. The quantitative estimate of drug-likeness (QED) is 0.779. The van der Waals surface area contributed by atoms with Crippen molar-refractivity contribution in [2.75, 3.05) is 13.1 Å². The highest BCUT2D eigenvalue weighted by Crippen LogP contribution is 2.37. The normalized spacial score (nSPS) is 46.1. The molecule has 2 saturated heterocycles. The van der Waals surface area contributed by atoms with Crippen molar-refractivity contribution in [1.82, 2.24) is 4.90 Å². The first-order valence-electron chi connectivity index (χ1n) is 6.70. The minimum Gasteiger partial charge on any atom is -0.375 e. The summed E-state index contributed by atoms with van der Waals surface area (Å²) >= 11 is 0. The van der Waals surface area contributed by atoms with Gasteiger partial charge in [-0.15, -0.1) is 0 Å². The third-order valence-electron chi connectivity index (χ3n) is 4.34. The Balaban J connectivity index is 2.17. The number of hydrogen-bond acceptors (Lipinski definition) is 3. The smallest absolute Gasteiger partial charge is 0.0568 e. The predicted molar refractivity (Wildman–Crippen MR) is 66.4 cm³/mol. The summed E-state index contributed by atoms with van der Waals surface area (Å²) in [6.07, 6.45) is 5.54. The second-order valence-electron chi connectivity index (χ2n) is 5.78. The Bertz CT molecular complexity index is 234. The molecule has 0 amide bonds. The molecule has 2 heterocycles. The van der Waals surface area contributed by atoms with Gasteiger partial charge in [0, 0.05) is 18.1 Å². The zero-order valence-electron chi connectivity index (χ0n) is 10.9. The van der Waals surface area contributed by atoms with Crippen LogP contribution in [0.5, 0.6) is 0 Å². The molecule has 0 bridgehead atoms. The average molecular weight is 226 g/mol. The maximum Gasteiger partial charge on any atom is 0.0568 e. The highest BCUT2D eigenvalue weighted by molar-refractivity contribution is 5.01. The first-order chi connectivity index (χ1) is 7.57. The van der Waals surface area contributed by atoms with E-state index < -0.39 is 0 Å². The lowest BCUT2D eigenvalue weighted by Gasteiger charge is -2.49. The number of hydrogen-bond donors (Lipinski definition) is 1. The Kier molecular flexibility index (Phi) is 3.57. The van der Waals surface area contributed by atoms with E-state index in [9.17, 15) is 0 Å². The van der Waals surface area contributed by atoms with Crippen molar-refractivity contribution in [2.45, 2.75) is 70.2 Å². The summed E-state index contributed by atoms with van der Waals surface area (Å²) < 4.78 is 5.86. The molecular weight excluding hydrogens is 200 g/mol. The van der Waals surface area contributed by atoms with Crippen LogP contribution in [0.25, 0.3) is 0 Å². The lowest BCUT2D eigenvalue weighted by molar-refractivity contribution is -0.105. The Morgan fingerprint density at radius 3 is 2.31 bits per heavy atom. The topological polar surface area (TPSA) is 38.5 Å². The zero-order valence-corrected chi connectivity index (χ0v) is 10.9. The van der Waals surface area contributed by atoms with E-state index in [1.807, 2.05) is 0 Å². The van der Waals surface area contributed by atoms with Crippen LogP contribution in [0.3, 0.4) is 0 Å². The molecule has 2 fully saturated rings. The summed E-state index contributed by atoms with van der Waals surface area (Å²) in [5.41, 5.74) is 6.31. The van der Waals surface area contributed by atoms with E-state index in [4.69, 9.17) is 10.5 Å².